The van der Waals surface area contributed by atoms with Crippen LogP contribution in [0.15, 0.2) is 47.4 Å². The highest BCUT2D eigenvalue weighted by Crippen LogP contribution is 2.31. The number of nitrogens with zero attached hydrogens (tertiary/aromatic N) is 2. The first-order valence-corrected chi connectivity index (χ1v) is 10.2. The Kier molecular flexibility index (Phi) is 5.61. The summed E-state index contributed by atoms with van der Waals surface area (Å²) in [5.41, 5.74) is 6.34. The van der Waals surface area contributed by atoms with E-state index in [1.807, 2.05) is 9.62 Å². The zero-order chi connectivity index (χ0) is 20.3. The van der Waals surface area contributed by atoms with Gasteiger partial charge in [-0.05, 0) is 42.7 Å². The molecule has 1 aliphatic heterocycles. The molecule has 1 amide bonds. The van der Waals surface area contributed by atoms with E-state index in [1.165, 1.54) is 24.3 Å². The number of carbonyl (C=O) groups is 1. The summed E-state index contributed by atoms with van der Waals surface area (Å²) < 4.78 is 26.8. The monoisotopic (exact) mass is 404 g/mol. The maximum Gasteiger partial charge on any atom is 0.293 e. The van der Waals surface area contributed by atoms with Crippen molar-refractivity contribution in [3.63, 3.8) is 0 Å². The summed E-state index contributed by atoms with van der Waals surface area (Å²) in [6, 6.07) is 9.77. The number of nitro benzene ring substituents is 1. The molecule has 0 atom stereocenters. The van der Waals surface area contributed by atoms with Gasteiger partial charge in [-0.25, -0.2) is 13.1 Å². The third-order valence-electron chi connectivity index (χ3n) is 4.58. The lowest BCUT2D eigenvalue weighted by atomic mass is 10.1. The number of nitro groups is 1. The predicted molar refractivity (Wildman–Crippen MR) is 104 cm³/mol. The van der Waals surface area contributed by atoms with E-state index in [2.05, 4.69) is 0 Å². The third-order valence-corrected chi connectivity index (χ3v) is 5.92. The number of benzene rings is 2. The van der Waals surface area contributed by atoms with Crippen LogP contribution in [0, 0.1) is 10.1 Å². The summed E-state index contributed by atoms with van der Waals surface area (Å²) in [7, 11) is -4.11. The van der Waals surface area contributed by atoms with Gasteiger partial charge in [-0.15, -0.1) is 0 Å². The quantitative estimate of drug-likeness (QED) is 0.553. The fraction of sp³-hybridized carbons (Fsp3) is 0.278. The molecule has 9 nitrogen and oxygen atoms in total. The summed E-state index contributed by atoms with van der Waals surface area (Å²) in [6.45, 7) is 1.68. The van der Waals surface area contributed by atoms with Gasteiger partial charge in [0.25, 0.3) is 21.6 Å². The minimum atomic E-state index is -4.11. The SMILES string of the molecule is NCc1ccc(S(=O)(=O)NC(=O)c2ccc(N3CCCC3)c([N+](=O)[O-])c2)cc1. The molecule has 1 fully saturated rings. The summed E-state index contributed by atoms with van der Waals surface area (Å²) in [5, 5.41) is 11.4. The van der Waals surface area contributed by atoms with Crippen molar-refractivity contribution in [2.45, 2.75) is 24.3 Å². The first-order valence-electron chi connectivity index (χ1n) is 8.71. The van der Waals surface area contributed by atoms with Crippen LogP contribution in [0.3, 0.4) is 0 Å². The largest absolute Gasteiger partial charge is 0.366 e. The number of nitrogens with one attached hydrogen (secondary N) is 1. The summed E-state index contributed by atoms with van der Waals surface area (Å²) in [4.78, 5) is 25.1. The Labute approximate surface area is 162 Å². The molecule has 0 radical (unpaired) electrons. The number of hydrogen-bond donors (Lipinski definition) is 2. The lowest BCUT2D eigenvalue weighted by Gasteiger charge is -2.17. The highest BCUT2D eigenvalue weighted by Gasteiger charge is 2.25. The van der Waals surface area contributed by atoms with Crippen LogP contribution < -0.4 is 15.4 Å². The first-order chi connectivity index (χ1) is 13.3. The molecule has 28 heavy (non-hydrogen) atoms. The normalized spacial score (nSPS) is 14.1. The van der Waals surface area contributed by atoms with Gasteiger partial charge in [-0.1, -0.05) is 12.1 Å². The minimum Gasteiger partial charge on any atom is -0.366 e. The number of nitrogens with two attached hydrogens (primary N) is 1. The van der Waals surface area contributed by atoms with Gasteiger partial charge in [0.2, 0.25) is 0 Å². The van der Waals surface area contributed by atoms with Crippen LogP contribution in [0.2, 0.25) is 0 Å². The molecule has 1 heterocycles. The number of amides is 1. The molecule has 3 N–H and O–H groups in total. The fourth-order valence-corrected chi connectivity index (χ4v) is 4.06. The predicted octanol–water partition coefficient (Wildman–Crippen LogP) is 1.77. The average Bonchev–Trinajstić information content (AvgIpc) is 3.21. The van der Waals surface area contributed by atoms with Crippen molar-refractivity contribution in [1.29, 1.82) is 0 Å². The molecule has 0 bridgehead atoms. The second-order valence-corrected chi connectivity index (χ2v) is 8.12. The number of anilines is 1. The molecule has 2 aromatic rings. The molecule has 3 rings (SSSR count). The van der Waals surface area contributed by atoms with E-state index in [0.717, 1.165) is 24.5 Å². The number of sulfonamides is 1. The van der Waals surface area contributed by atoms with Crippen molar-refractivity contribution in [3.8, 4) is 0 Å². The molecule has 0 unspecified atom stereocenters. The molecular weight excluding hydrogens is 384 g/mol. The van der Waals surface area contributed by atoms with E-state index in [4.69, 9.17) is 5.73 Å². The van der Waals surface area contributed by atoms with Gasteiger partial charge < -0.3 is 10.6 Å². The maximum absolute atomic E-state index is 12.4. The van der Waals surface area contributed by atoms with Crippen LogP contribution in [0.4, 0.5) is 11.4 Å². The second-order valence-electron chi connectivity index (χ2n) is 6.44. The van der Waals surface area contributed by atoms with E-state index in [1.54, 1.807) is 12.1 Å². The zero-order valence-corrected chi connectivity index (χ0v) is 15.8. The fourth-order valence-electron chi connectivity index (χ4n) is 3.08. The van der Waals surface area contributed by atoms with E-state index >= 15 is 0 Å². The van der Waals surface area contributed by atoms with Crippen molar-refractivity contribution in [1.82, 2.24) is 4.72 Å². The Bertz CT molecular complexity index is 999. The van der Waals surface area contributed by atoms with Crippen molar-refractivity contribution in [2.24, 2.45) is 5.73 Å². The molecule has 0 spiro atoms. The highest BCUT2D eigenvalue weighted by molar-refractivity contribution is 7.90. The highest BCUT2D eigenvalue weighted by atomic mass is 32.2. The molecule has 148 valence electrons. The van der Waals surface area contributed by atoms with Gasteiger partial charge in [0.05, 0.1) is 9.82 Å². The lowest BCUT2D eigenvalue weighted by Crippen LogP contribution is -2.30. The summed E-state index contributed by atoms with van der Waals surface area (Å²) in [5.74, 6) is -0.932. The van der Waals surface area contributed by atoms with Crippen LogP contribution in [0.5, 0.6) is 0 Å². The van der Waals surface area contributed by atoms with Gasteiger partial charge in [0.15, 0.2) is 0 Å². The molecule has 1 aliphatic rings. The Morgan fingerprint density at radius 2 is 1.79 bits per heavy atom. The number of carbonyl (C=O) groups excluding carboxylic acids is 1. The van der Waals surface area contributed by atoms with Crippen molar-refractivity contribution in [3.05, 3.63) is 63.7 Å². The summed E-state index contributed by atoms with van der Waals surface area (Å²) >= 11 is 0. The van der Waals surface area contributed by atoms with Gasteiger partial charge in [-0.2, -0.15) is 0 Å². The van der Waals surface area contributed by atoms with E-state index in [9.17, 15) is 23.3 Å². The van der Waals surface area contributed by atoms with Gasteiger partial charge >= 0.3 is 0 Å². The smallest absolute Gasteiger partial charge is 0.293 e. The van der Waals surface area contributed by atoms with Crippen molar-refractivity contribution >= 4 is 27.3 Å². The second kappa shape index (κ2) is 7.95. The third kappa shape index (κ3) is 4.12. The van der Waals surface area contributed by atoms with Crippen LogP contribution in [-0.4, -0.2) is 32.3 Å². The Balaban J connectivity index is 1.85. The average molecular weight is 404 g/mol. The van der Waals surface area contributed by atoms with E-state index < -0.39 is 20.9 Å². The lowest BCUT2D eigenvalue weighted by molar-refractivity contribution is -0.384. The topological polar surface area (TPSA) is 136 Å². The molecular formula is C18H20N4O5S. The van der Waals surface area contributed by atoms with Gasteiger partial charge in [0, 0.05) is 31.3 Å². The Morgan fingerprint density at radius 1 is 1.14 bits per heavy atom. The Hall–Kier alpha value is -2.98. The zero-order valence-electron chi connectivity index (χ0n) is 15.0. The molecule has 0 aliphatic carbocycles. The van der Waals surface area contributed by atoms with Crippen LogP contribution in [0.25, 0.3) is 0 Å². The number of hydrogen-bond acceptors (Lipinski definition) is 7. The van der Waals surface area contributed by atoms with Crippen LogP contribution in [0.1, 0.15) is 28.8 Å². The summed E-state index contributed by atoms with van der Waals surface area (Å²) in [6.07, 6.45) is 1.89. The molecule has 2 aromatic carbocycles. The van der Waals surface area contributed by atoms with Gasteiger partial charge in [0.1, 0.15) is 5.69 Å². The maximum atomic E-state index is 12.4. The first kappa shape index (κ1) is 19.8. The minimum absolute atomic E-state index is 0.0961. The molecule has 0 saturated carbocycles. The molecule has 0 aromatic heterocycles. The molecule has 1 saturated heterocycles. The van der Waals surface area contributed by atoms with Crippen LogP contribution in [-0.2, 0) is 16.6 Å². The van der Waals surface area contributed by atoms with Crippen molar-refractivity contribution in [2.75, 3.05) is 18.0 Å². The Morgan fingerprint density at radius 3 is 2.36 bits per heavy atom. The van der Waals surface area contributed by atoms with Crippen LogP contribution >= 0.6 is 0 Å². The molecule has 10 heteroatoms. The van der Waals surface area contributed by atoms with Gasteiger partial charge in [-0.3, -0.25) is 14.9 Å². The van der Waals surface area contributed by atoms with E-state index in [-0.39, 0.29) is 22.7 Å². The number of rotatable bonds is 6. The van der Waals surface area contributed by atoms with E-state index in [0.29, 0.717) is 18.8 Å². The standard InChI is InChI=1S/C18H20N4O5S/c19-12-13-3-6-15(7-4-13)28(26,27)20-18(23)14-5-8-16(17(11-14)22(24)25)21-9-1-2-10-21/h3-8,11H,1-2,9-10,12,19H2,(H,20,23). The van der Waals surface area contributed by atoms with Crippen molar-refractivity contribution < 1.29 is 18.1 Å².